The monoisotopic (exact) mass is 374 g/mol. The zero-order valence-corrected chi connectivity index (χ0v) is 14.6. The van der Waals surface area contributed by atoms with Crippen LogP contribution in [0.1, 0.15) is 26.2 Å². The van der Waals surface area contributed by atoms with Crippen molar-refractivity contribution in [3.63, 3.8) is 0 Å². The van der Waals surface area contributed by atoms with E-state index in [1.807, 2.05) is 6.92 Å². The number of carbonyl (C=O) groups excluding carboxylic acids is 2. The van der Waals surface area contributed by atoms with Gasteiger partial charge in [-0.05, 0) is 6.42 Å². The van der Waals surface area contributed by atoms with Crippen LogP contribution in [0.25, 0.3) is 0 Å². The van der Waals surface area contributed by atoms with Crippen LogP contribution < -0.4 is 16.0 Å². The van der Waals surface area contributed by atoms with Gasteiger partial charge in [0.05, 0.1) is 0 Å². The minimum absolute atomic E-state index is 0. The highest BCUT2D eigenvalue weighted by atomic mass is 35.5. The molecule has 10 heteroatoms. The first-order chi connectivity index (χ1) is 10.8. The molecule has 1 atom stereocenters. The van der Waals surface area contributed by atoms with E-state index in [2.05, 4.69) is 16.0 Å². The quantitative estimate of drug-likeness (QED) is 0.584. The topological polar surface area (TPSA) is 73.5 Å². The van der Waals surface area contributed by atoms with Gasteiger partial charge in [0.25, 0.3) is 0 Å². The number of carbonyl (C=O) groups is 2. The summed E-state index contributed by atoms with van der Waals surface area (Å²) in [5, 5.41) is 7.91. The van der Waals surface area contributed by atoms with Gasteiger partial charge in [-0.25, -0.2) is 0 Å². The molecule has 0 aromatic heterocycles. The number of rotatable bonds is 8. The SMILES string of the molecule is CCCNC(=O)CCC(=O)NCC(N1CCNCC1)C(F)(F)F.Cl. The van der Waals surface area contributed by atoms with E-state index in [0.29, 0.717) is 32.7 Å². The van der Waals surface area contributed by atoms with E-state index in [-0.39, 0.29) is 31.2 Å². The van der Waals surface area contributed by atoms with Crippen molar-refractivity contribution in [2.75, 3.05) is 39.3 Å². The minimum Gasteiger partial charge on any atom is -0.356 e. The normalized spacial score (nSPS) is 16.8. The van der Waals surface area contributed by atoms with Crippen LogP contribution in [-0.2, 0) is 9.59 Å². The summed E-state index contributed by atoms with van der Waals surface area (Å²) in [7, 11) is 0. The molecule has 0 aliphatic carbocycles. The second-order valence-electron chi connectivity index (χ2n) is 5.50. The van der Waals surface area contributed by atoms with Crippen LogP contribution in [0, 0.1) is 0 Å². The van der Waals surface area contributed by atoms with Gasteiger partial charge in [-0.2, -0.15) is 13.2 Å². The smallest absolute Gasteiger partial charge is 0.356 e. The van der Waals surface area contributed by atoms with Crippen LogP contribution in [0.5, 0.6) is 0 Å². The highest BCUT2D eigenvalue weighted by molar-refractivity contribution is 5.85. The molecule has 3 N–H and O–H groups in total. The molecule has 142 valence electrons. The van der Waals surface area contributed by atoms with Crippen molar-refractivity contribution in [2.45, 2.75) is 38.4 Å². The molecule has 1 aliphatic rings. The fraction of sp³-hybridized carbons (Fsp3) is 0.857. The lowest BCUT2D eigenvalue weighted by atomic mass is 10.2. The first-order valence-electron chi connectivity index (χ1n) is 7.89. The number of nitrogens with zero attached hydrogens (tertiary/aromatic N) is 1. The standard InChI is InChI=1S/C14H25F3N4O2.ClH/c1-2-5-19-12(22)3-4-13(23)20-10-11(14(15,16)17)21-8-6-18-7-9-21;/h11,18H,2-10H2,1H3,(H,19,22)(H,20,23);1H. The summed E-state index contributed by atoms with van der Waals surface area (Å²) in [5.74, 6) is -0.808. The van der Waals surface area contributed by atoms with Gasteiger partial charge in [-0.15, -0.1) is 12.4 Å². The summed E-state index contributed by atoms with van der Waals surface area (Å²) in [6, 6.07) is -1.69. The summed E-state index contributed by atoms with van der Waals surface area (Å²) in [6.07, 6.45) is -3.74. The van der Waals surface area contributed by atoms with Crippen molar-refractivity contribution in [1.82, 2.24) is 20.9 Å². The highest BCUT2D eigenvalue weighted by Crippen LogP contribution is 2.24. The summed E-state index contributed by atoms with van der Waals surface area (Å²) >= 11 is 0. The van der Waals surface area contributed by atoms with E-state index in [0.717, 1.165) is 6.42 Å². The van der Waals surface area contributed by atoms with Gasteiger partial charge >= 0.3 is 6.18 Å². The van der Waals surface area contributed by atoms with E-state index in [4.69, 9.17) is 0 Å². The van der Waals surface area contributed by atoms with Crippen LogP contribution in [0.2, 0.25) is 0 Å². The summed E-state index contributed by atoms with van der Waals surface area (Å²) in [6.45, 7) is 3.52. The largest absolute Gasteiger partial charge is 0.405 e. The van der Waals surface area contributed by atoms with E-state index in [1.165, 1.54) is 4.90 Å². The third-order valence-corrected chi connectivity index (χ3v) is 3.61. The average Bonchev–Trinajstić information content (AvgIpc) is 2.50. The lowest BCUT2D eigenvalue weighted by Crippen LogP contribution is -2.57. The molecule has 1 rings (SSSR count). The molecular weight excluding hydrogens is 349 g/mol. The van der Waals surface area contributed by atoms with Gasteiger partial charge in [0.15, 0.2) is 0 Å². The molecular formula is C14H26ClF3N4O2. The molecule has 24 heavy (non-hydrogen) atoms. The Morgan fingerprint density at radius 2 is 1.67 bits per heavy atom. The van der Waals surface area contributed by atoms with E-state index >= 15 is 0 Å². The molecule has 2 amide bonds. The molecule has 0 bridgehead atoms. The lowest BCUT2D eigenvalue weighted by molar-refractivity contribution is -0.184. The zero-order valence-electron chi connectivity index (χ0n) is 13.7. The zero-order chi connectivity index (χ0) is 17.3. The Kier molecular flexibility index (Phi) is 11.0. The predicted molar refractivity (Wildman–Crippen MR) is 87.1 cm³/mol. The maximum atomic E-state index is 13.1. The Bertz CT molecular complexity index is 391. The second-order valence-corrected chi connectivity index (χ2v) is 5.50. The van der Waals surface area contributed by atoms with Crippen molar-refractivity contribution in [1.29, 1.82) is 0 Å². The van der Waals surface area contributed by atoms with Crippen molar-refractivity contribution in [3.05, 3.63) is 0 Å². The average molecular weight is 375 g/mol. The van der Waals surface area contributed by atoms with Crippen LogP contribution in [0.4, 0.5) is 13.2 Å². The van der Waals surface area contributed by atoms with E-state index in [1.54, 1.807) is 0 Å². The molecule has 0 saturated carbocycles. The summed E-state index contributed by atoms with van der Waals surface area (Å²) in [4.78, 5) is 24.3. The van der Waals surface area contributed by atoms with Crippen LogP contribution >= 0.6 is 12.4 Å². The maximum Gasteiger partial charge on any atom is 0.405 e. The molecule has 1 aliphatic heterocycles. The highest BCUT2D eigenvalue weighted by Gasteiger charge is 2.43. The molecule has 1 unspecified atom stereocenters. The number of alkyl halides is 3. The van der Waals surface area contributed by atoms with Gasteiger partial charge in [0.2, 0.25) is 11.8 Å². The number of halogens is 4. The summed E-state index contributed by atoms with van der Waals surface area (Å²) in [5.41, 5.74) is 0. The first kappa shape index (κ1) is 22.9. The number of hydrogen-bond donors (Lipinski definition) is 3. The van der Waals surface area contributed by atoms with E-state index < -0.39 is 24.7 Å². The fourth-order valence-corrected chi connectivity index (χ4v) is 2.32. The molecule has 1 fully saturated rings. The van der Waals surface area contributed by atoms with Gasteiger partial charge in [0.1, 0.15) is 6.04 Å². The Hall–Kier alpha value is -1.06. The van der Waals surface area contributed by atoms with Crippen molar-refractivity contribution >= 4 is 24.2 Å². The maximum absolute atomic E-state index is 13.1. The van der Waals surface area contributed by atoms with Gasteiger partial charge in [0, 0.05) is 52.1 Å². The Balaban J connectivity index is 0.00000529. The molecule has 0 aromatic rings. The Morgan fingerprint density at radius 3 is 2.17 bits per heavy atom. The Labute approximate surface area is 146 Å². The summed E-state index contributed by atoms with van der Waals surface area (Å²) < 4.78 is 39.4. The second kappa shape index (κ2) is 11.5. The van der Waals surface area contributed by atoms with Crippen molar-refractivity contribution in [2.24, 2.45) is 0 Å². The molecule has 6 nitrogen and oxygen atoms in total. The number of piperazine rings is 1. The molecule has 0 radical (unpaired) electrons. The molecule has 0 aromatic carbocycles. The molecule has 0 spiro atoms. The first-order valence-corrected chi connectivity index (χ1v) is 7.89. The number of hydrogen-bond acceptors (Lipinski definition) is 4. The van der Waals surface area contributed by atoms with Gasteiger partial charge in [-0.3, -0.25) is 14.5 Å². The van der Waals surface area contributed by atoms with Crippen molar-refractivity contribution < 1.29 is 22.8 Å². The van der Waals surface area contributed by atoms with E-state index in [9.17, 15) is 22.8 Å². The van der Waals surface area contributed by atoms with Crippen LogP contribution in [-0.4, -0.2) is 68.2 Å². The molecule has 1 saturated heterocycles. The van der Waals surface area contributed by atoms with Gasteiger partial charge < -0.3 is 16.0 Å². The van der Waals surface area contributed by atoms with Gasteiger partial charge in [-0.1, -0.05) is 6.92 Å². The van der Waals surface area contributed by atoms with Crippen molar-refractivity contribution in [3.8, 4) is 0 Å². The Morgan fingerprint density at radius 1 is 1.12 bits per heavy atom. The number of amides is 2. The minimum atomic E-state index is -4.40. The fourth-order valence-electron chi connectivity index (χ4n) is 2.32. The molecule has 1 heterocycles. The third kappa shape index (κ3) is 8.70. The predicted octanol–water partition coefficient (Wildman–Crippen LogP) is 0.667. The third-order valence-electron chi connectivity index (χ3n) is 3.61. The van der Waals surface area contributed by atoms with Crippen LogP contribution in [0.15, 0.2) is 0 Å². The number of nitrogens with one attached hydrogen (secondary N) is 3. The van der Waals surface area contributed by atoms with Crippen LogP contribution in [0.3, 0.4) is 0 Å². The lowest BCUT2D eigenvalue weighted by Gasteiger charge is -2.35.